The molecule has 2 aromatic heterocycles. The molecule has 2 nitrogen and oxygen atoms in total. The third kappa shape index (κ3) is 3.63. The predicted octanol–water partition coefficient (Wildman–Crippen LogP) is 14.1. The second-order valence-corrected chi connectivity index (χ2v) is 18.3. The first kappa shape index (κ1) is 30.1. The maximum Gasteiger partial charge on any atom is 0.0693 e. The third-order valence-corrected chi connectivity index (χ3v) is 15.6. The van der Waals surface area contributed by atoms with Gasteiger partial charge in [-0.25, -0.2) is 0 Å². The number of hydrogen-bond donors (Lipinski definition) is 1. The number of hydrogen-bond acceptors (Lipinski definition) is 0. The molecule has 55 heavy (non-hydrogen) atoms. The van der Waals surface area contributed by atoms with Crippen LogP contribution in [0.1, 0.15) is 30.5 Å². The van der Waals surface area contributed by atoms with Gasteiger partial charge in [-0.2, -0.15) is 10.9 Å². The maximum atomic E-state index is 2.66. The van der Waals surface area contributed by atoms with E-state index >= 15 is 0 Å². The van der Waals surface area contributed by atoms with Crippen molar-refractivity contribution in [3.63, 3.8) is 0 Å². The van der Waals surface area contributed by atoms with Gasteiger partial charge in [0, 0.05) is 47.0 Å². The van der Waals surface area contributed by atoms with Crippen LogP contribution in [0.2, 0.25) is 0 Å². The minimum Gasteiger partial charge on any atom is -0.307 e. The number of rotatable bonds is 2. The van der Waals surface area contributed by atoms with Crippen molar-refractivity contribution < 1.29 is 0 Å². The molecule has 2 aliphatic rings. The van der Waals surface area contributed by atoms with Crippen molar-refractivity contribution in [1.29, 1.82) is 0 Å². The monoisotopic (exact) mass is 720 g/mol. The molecule has 4 heterocycles. The number of nitrogens with zero attached hydrogens (tertiary/aromatic N) is 2. The second-order valence-electron chi connectivity index (χ2n) is 16.2. The van der Waals surface area contributed by atoms with Crippen LogP contribution in [0.3, 0.4) is 0 Å². The summed E-state index contributed by atoms with van der Waals surface area (Å²) in [6.45, 7) is 6.96. The summed E-state index contributed by atoms with van der Waals surface area (Å²) in [7, 11) is -0.870. The average molecular weight is 721 g/mol. The number of fused-ring (bicyclic) bond motifs is 17. The molecule has 0 amide bonds. The van der Waals surface area contributed by atoms with E-state index in [-0.39, 0.29) is 5.41 Å². The standard InChI is InChI=1S/C52H36N2S/c1-30-23-25-36-39(27-30)40-28-32(52(2,3)31-13-5-4-6-14-31)24-26-33(40)41-29-44-51-50(47(36)41)54-43-20-10-8-16-35(43)38-18-12-22-46(49(38)54)55(51)45-21-11-17-37-34-15-7-9-19-42(34)53(44)48(37)45/h4-29,55H,1-3H3. The van der Waals surface area contributed by atoms with E-state index < -0.39 is 10.9 Å². The smallest absolute Gasteiger partial charge is 0.0693 e. The Hall–Kier alpha value is -6.29. The molecule has 1 atom stereocenters. The van der Waals surface area contributed by atoms with E-state index in [1.54, 1.807) is 0 Å². The SMILES string of the molecule is Cc1ccc2c(c1)c1cc(C(C)(C)c3ccccc3)ccc1c1cc3c4c(c21)-n1c2ccccc2c2cccc(c21)[SH]4c1cccc2c4ccccc4n-3c12. The first-order valence-corrected chi connectivity index (χ1v) is 20.7. The summed E-state index contributed by atoms with van der Waals surface area (Å²) in [6.07, 6.45) is 0. The highest BCUT2D eigenvalue weighted by molar-refractivity contribution is 8.17. The van der Waals surface area contributed by atoms with E-state index in [0.717, 1.165) is 0 Å². The molecule has 0 aliphatic carbocycles. The summed E-state index contributed by atoms with van der Waals surface area (Å²) in [6, 6.07) is 60.3. The zero-order valence-corrected chi connectivity index (χ0v) is 31.7. The van der Waals surface area contributed by atoms with Crippen molar-refractivity contribution in [3.8, 4) is 11.4 Å². The van der Waals surface area contributed by atoms with E-state index in [4.69, 9.17) is 0 Å². The lowest BCUT2D eigenvalue weighted by atomic mass is 9.77. The van der Waals surface area contributed by atoms with Gasteiger partial charge >= 0.3 is 0 Å². The summed E-state index contributed by atoms with van der Waals surface area (Å²) in [5, 5.41) is 13.3. The topological polar surface area (TPSA) is 9.86 Å². The van der Waals surface area contributed by atoms with Crippen LogP contribution in [0.15, 0.2) is 172 Å². The molecule has 3 heteroatoms. The Morgan fingerprint density at radius 1 is 0.436 bits per heavy atom. The van der Waals surface area contributed by atoms with Crippen LogP contribution < -0.4 is 0 Å². The third-order valence-electron chi connectivity index (χ3n) is 13.0. The van der Waals surface area contributed by atoms with Crippen LogP contribution in [0.25, 0.3) is 87.3 Å². The molecule has 0 radical (unpaired) electrons. The molecule has 0 saturated carbocycles. The Labute approximate surface area is 321 Å². The fourth-order valence-corrected chi connectivity index (χ4v) is 13.4. The van der Waals surface area contributed by atoms with Crippen LogP contribution in [0.5, 0.6) is 0 Å². The first-order chi connectivity index (χ1) is 27.0. The lowest BCUT2D eigenvalue weighted by molar-refractivity contribution is 0.642. The molecule has 260 valence electrons. The van der Waals surface area contributed by atoms with Crippen LogP contribution in [0, 0.1) is 6.92 Å². The lowest BCUT2D eigenvalue weighted by Crippen LogP contribution is -2.18. The van der Waals surface area contributed by atoms with E-state index in [9.17, 15) is 0 Å². The Morgan fingerprint density at radius 3 is 1.76 bits per heavy atom. The molecule has 2 aliphatic heterocycles. The summed E-state index contributed by atoms with van der Waals surface area (Å²) in [5.74, 6) is 0. The van der Waals surface area contributed by atoms with Gasteiger partial charge in [0.25, 0.3) is 0 Å². The Balaban J connectivity index is 1.29. The van der Waals surface area contributed by atoms with Crippen LogP contribution in [-0.4, -0.2) is 9.13 Å². The predicted molar refractivity (Wildman–Crippen MR) is 235 cm³/mol. The van der Waals surface area contributed by atoms with Crippen LogP contribution in [0.4, 0.5) is 0 Å². The van der Waals surface area contributed by atoms with Gasteiger partial charge in [0.1, 0.15) is 0 Å². The van der Waals surface area contributed by atoms with Crippen molar-refractivity contribution in [1.82, 2.24) is 9.13 Å². The van der Waals surface area contributed by atoms with Crippen molar-refractivity contribution in [2.45, 2.75) is 40.9 Å². The molecule has 9 aromatic carbocycles. The number of aryl methyl sites for hydroxylation is 1. The highest BCUT2D eigenvalue weighted by Crippen LogP contribution is 2.67. The van der Waals surface area contributed by atoms with E-state index in [2.05, 4.69) is 188 Å². The summed E-state index contributed by atoms with van der Waals surface area (Å²) < 4.78 is 5.28. The number of thiol groups is 1. The van der Waals surface area contributed by atoms with Gasteiger partial charge in [0.15, 0.2) is 0 Å². The maximum absolute atomic E-state index is 2.66. The zero-order chi connectivity index (χ0) is 36.3. The molecule has 0 saturated heterocycles. The lowest BCUT2D eigenvalue weighted by Gasteiger charge is -2.38. The summed E-state index contributed by atoms with van der Waals surface area (Å²) in [5.41, 5.74) is 11.7. The second kappa shape index (κ2) is 10.3. The minimum atomic E-state index is -0.870. The molecule has 11 aromatic rings. The van der Waals surface area contributed by atoms with E-state index in [0.29, 0.717) is 0 Å². The van der Waals surface area contributed by atoms with E-state index in [1.165, 1.54) is 119 Å². The Kier molecular flexibility index (Phi) is 5.61. The molecule has 0 N–H and O–H groups in total. The molecular formula is C52H36N2S. The fourth-order valence-electron chi connectivity index (χ4n) is 10.5. The molecular weight excluding hydrogens is 685 g/mol. The highest BCUT2D eigenvalue weighted by Gasteiger charge is 2.38. The number of benzene rings is 9. The number of para-hydroxylation sites is 4. The van der Waals surface area contributed by atoms with Gasteiger partial charge < -0.3 is 9.13 Å². The van der Waals surface area contributed by atoms with E-state index in [1.807, 2.05) is 0 Å². The van der Waals surface area contributed by atoms with Gasteiger partial charge in [-0.1, -0.05) is 141 Å². The summed E-state index contributed by atoms with van der Waals surface area (Å²) in [4.78, 5) is 4.37. The largest absolute Gasteiger partial charge is 0.307 e. The molecule has 0 spiro atoms. The molecule has 13 rings (SSSR count). The van der Waals surface area contributed by atoms with Crippen molar-refractivity contribution in [2.24, 2.45) is 0 Å². The Morgan fingerprint density at radius 2 is 1.04 bits per heavy atom. The minimum absolute atomic E-state index is 0.156. The number of aromatic nitrogens is 2. The van der Waals surface area contributed by atoms with Gasteiger partial charge in [-0.15, -0.1) is 0 Å². The normalized spacial score (nSPS) is 15.3. The summed E-state index contributed by atoms with van der Waals surface area (Å²) >= 11 is 0. The molecule has 1 unspecified atom stereocenters. The molecule has 0 bridgehead atoms. The highest BCUT2D eigenvalue weighted by atomic mass is 32.2. The molecule has 0 fully saturated rings. The van der Waals surface area contributed by atoms with Gasteiger partial charge in [0.2, 0.25) is 0 Å². The quantitative estimate of drug-likeness (QED) is 0.135. The van der Waals surface area contributed by atoms with Crippen LogP contribution >= 0.6 is 10.9 Å². The van der Waals surface area contributed by atoms with Crippen molar-refractivity contribution >= 4 is 86.8 Å². The van der Waals surface area contributed by atoms with Gasteiger partial charge in [-0.3, -0.25) is 0 Å². The van der Waals surface area contributed by atoms with Crippen molar-refractivity contribution in [3.05, 3.63) is 174 Å². The fraction of sp³-hybridized carbons (Fsp3) is 0.0769. The van der Waals surface area contributed by atoms with Crippen molar-refractivity contribution in [2.75, 3.05) is 0 Å². The average Bonchev–Trinajstić information content (AvgIpc) is 3.75. The van der Waals surface area contributed by atoms with Gasteiger partial charge in [-0.05, 0) is 81.4 Å². The van der Waals surface area contributed by atoms with Crippen LogP contribution in [-0.2, 0) is 5.41 Å². The Bertz CT molecular complexity index is 3530. The zero-order valence-electron chi connectivity index (χ0n) is 30.9. The van der Waals surface area contributed by atoms with Gasteiger partial charge in [0.05, 0.1) is 33.4 Å². The first-order valence-electron chi connectivity index (χ1n) is 19.4.